The number of imidazole rings is 1. The van der Waals surface area contributed by atoms with Gasteiger partial charge >= 0.3 is 6.18 Å². The molecule has 0 spiro atoms. The van der Waals surface area contributed by atoms with E-state index in [0.29, 0.717) is 24.3 Å². The lowest BCUT2D eigenvalue weighted by molar-refractivity contribution is -0.137. The van der Waals surface area contributed by atoms with Crippen molar-refractivity contribution in [3.8, 4) is 0 Å². The number of aryl methyl sites for hydroxylation is 1. The van der Waals surface area contributed by atoms with Crippen LogP contribution in [0, 0.1) is 0 Å². The molecule has 1 aliphatic rings. The number of rotatable bonds is 6. The zero-order valence-corrected chi connectivity index (χ0v) is 15.2. The molecule has 27 heavy (non-hydrogen) atoms. The lowest BCUT2D eigenvalue weighted by Gasteiger charge is -2.26. The molecule has 6 nitrogen and oxygen atoms in total. The van der Waals surface area contributed by atoms with Crippen molar-refractivity contribution in [2.75, 3.05) is 39.4 Å². The van der Waals surface area contributed by atoms with Gasteiger partial charge in [-0.2, -0.15) is 13.2 Å². The number of carbonyl (C=O) groups excluding carboxylic acids is 1. The molecule has 9 heteroatoms. The van der Waals surface area contributed by atoms with Gasteiger partial charge < -0.3 is 10.1 Å². The average molecular weight is 384 g/mol. The molecule has 2 aromatic rings. The fraction of sp³-hybridized carbons (Fsp3) is 0.556. The summed E-state index contributed by atoms with van der Waals surface area (Å²) in [5.41, 5.74) is 0.180. The maximum absolute atomic E-state index is 13.0. The minimum Gasteiger partial charge on any atom is -0.379 e. The highest BCUT2D eigenvalue weighted by molar-refractivity contribution is 5.94. The van der Waals surface area contributed by atoms with Gasteiger partial charge in [0.15, 0.2) is 0 Å². The number of carbonyl (C=O) groups is 1. The lowest BCUT2D eigenvalue weighted by Crippen LogP contribution is -2.38. The van der Waals surface area contributed by atoms with Crippen molar-refractivity contribution in [3.63, 3.8) is 0 Å². The molecule has 0 atom stereocenters. The maximum atomic E-state index is 13.0. The Balaban J connectivity index is 1.70. The smallest absolute Gasteiger partial charge is 0.379 e. The van der Waals surface area contributed by atoms with Crippen LogP contribution in [0.2, 0.25) is 0 Å². The number of alkyl halides is 3. The number of pyridine rings is 1. The Kier molecular flexibility index (Phi) is 6.01. The Morgan fingerprint density at radius 3 is 2.70 bits per heavy atom. The monoisotopic (exact) mass is 384 g/mol. The third-order valence-corrected chi connectivity index (χ3v) is 4.61. The highest BCUT2D eigenvalue weighted by atomic mass is 19.4. The van der Waals surface area contributed by atoms with Gasteiger partial charge in [0.05, 0.1) is 24.5 Å². The summed E-state index contributed by atoms with van der Waals surface area (Å²) in [6.45, 7) is 6.30. The Bertz CT molecular complexity index is 798. The fourth-order valence-corrected chi connectivity index (χ4v) is 3.16. The summed E-state index contributed by atoms with van der Waals surface area (Å²) in [6, 6.07) is 2.27. The third kappa shape index (κ3) is 4.59. The van der Waals surface area contributed by atoms with E-state index in [2.05, 4.69) is 15.2 Å². The normalized spacial score (nSPS) is 16.0. The zero-order chi connectivity index (χ0) is 19.4. The molecule has 0 aromatic carbocycles. The van der Waals surface area contributed by atoms with Gasteiger partial charge in [-0.3, -0.25) is 14.1 Å². The van der Waals surface area contributed by atoms with Crippen molar-refractivity contribution < 1.29 is 22.7 Å². The van der Waals surface area contributed by atoms with E-state index < -0.39 is 17.6 Å². The van der Waals surface area contributed by atoms with Crippen LogP contribution in [0.3, 0.4) is 0 Å². The van der Waals surface area contributed by atoms with E-state index in [1.54, 1.807) is 0 Å². The van der Waals surface area contributed by atoms with Crippen LogP contribution < -0.4 is 5.32 Å². The van der Waals surface area contributed by atoms with Crippen LogP contribution in [0.1, 0.15) is 35.1 Å². The van der Waals surface area contributed by atoms with E-state index >= 15 is 0 Å². The molecule has 2 aromatic heterocycles. The number of aromatic nitrogens is 2. The van der Waals surface area contributed by atoms with Gasteiger partial charge in [0.25, 0.3) is 5.91 Å². The van der Waals surface area contributed by atoms with Gasteiger partial charge in [-0.1, -0.05) is 6.92 Å². The number of nitrogens with zero attached hydrogens (tertiary/aromatic N) is 3. The van der Waals surface area contributed by atoms with Crippen molar-refractivity contribution in [3.05, 3.63) is 35.3 Å². The Labute approximate surface area is 155 Å². The average Bonchev–Trinajstić information content (AvgIpc) is 3.03. The van der Waals surface area contributed by atoms with E-state index in [1.165, 1.54) is 10.5 Å². The topological polar surface area (TPSA) is 58.9 Å². The lowest BCUT2D eigenvalue weighted by atomic mass is 10.2. The summed E-state index contributed by atoms with van der Waals surface area (Å²) >= 11 is 0. The highest BCUT2D eigenvalue weighted by Crippen LogP contribution is 2.30. The van der Waals surface area contributed by atoms with E-state index in [0.717, 1.165) is 51.5 Å². The number of halogens is 3. The molecular weight excluding hydrogens is 361 g/mol. The van der Waals surface area contributed by atoms with Crippen LogP contribution in [-0.4, -0.2) is 59.6 Å². The molecule has 0 aliphatic carbocycles. The van der Waals surface area contributed by atoms with E-state index in [-0.39, 0.29) is 5.69 Å². The number of amides is 1. The Hall–Kier alpha value is -2.13. The maximum Gasteiger partial charge on any atom is 0.417 e. The van der Waals surface area contributed by atoms with E-state index in [1.807, 2.05) is 6.92 Å². The summed E-state index contributed by atoms with van der Waals surface area (Å²) in [5, 5.41) is 2.81. The van der Waals surface area contributed by atoms with Crippen molar-refractivity contribution in [1.82, 2.24) is 19.6 Å². The standard InChI is InChI=1S/C18H23F3N4O2/c1-2-14-16(17(26)22-6-3-7-24-8-10-27-11-9-24)25-12-13(18(19,20)21)4-5-15(25)23-14/h4-5,12H,2-3,6-11H2,1H3,(H,22,26). The quantitative estimate of drug-likeness (QED) is 0.777. The fourth-order valence-electron chi connectivity index (χ4n) is 3.16. The molecule has 0 radical (unpaired) electrons. The van der Waals surface area contributed by atoms with Gasteiger partial charge in [0.2, 0.25) is 0 Å². The summed E-state index contributed by atoms with van der Waals surface area (Å²) < 4.78 is 45.6. The number of ether oxygens (including phenoxy) is 1. The molecule has 3 rings (SSSR count). The molecule has 148 valence electrons. The van der Waals surface area contributed by atoms with Crippen LogP contribution in [0.15, 0.2) is 18.3 Å². The van der Waals surface area contributed by atoms with E-state index in [4.69, 9.17) is 4.74 Å². The largest absolute Gasteiger partial charge is 0.417 e. The first-order valence-electron chi connectivity index (χ1n) is 9.06. The molecule has 1 saturated heterocycles. The molecular formula is C18H23F3N4O2. The number of hydrogen-bond acceptors (Lipinski definition) is 4. The minimum absolute atomic E-state index is 0.171. The van der Waals surface area contributed by atoms with Gasteiger partial charge in [0, 0.05) is 25.8 Å². The van der Waals surface area contributed by atoms with Crippen molar-refractivity contribution in [1.29, 1.82) is 0 Å². The number of hydrogen-bond donors (Lipinski definition) is 1. The van der Waals surface area contributed by atoms with Crippen molar-refractivity contribution in [2.45, 2.75) is 25.9 Å². The van der Waals surface area contributed by atoms with Crippen LogP contribution in [-0.2, 0) is 17.3 Å². The summed E-state index contributed by atoms with van der Waals surface area (Å²) in [7, 11) is 0. The zero-order valence-electron chi connectivity index (χ0n) is 15.2. The van der Waals surface area contributed by atoms with Gasteiger partial charge in [-0.05, 0) is 31.5 Å². The molecule has 1 aliphatic heterocycles. The first-order valence-corrected chi connectivity index (χ1v) is 9.06. The van der Waals surface area contributed by atoms with Crippen molar-refractivity contribution >= 4 is 11.6 Å². The third-order valence-electron chi connectivity index (χ3n) is 4.61. The van der Waals surface area contributed by atoms with Crippen LogP contribution in [0.4, 0.5) is 13.2 Å². The highest BCUT2D eigenvalue weighted by Gasteiger charge is 2.31. The summed E-state index contributed by atoms with van der Waals surface area (Å²) in [4.78, 5) is 19.2. The Morgan fingerprint density at radius 2 is 2.04 bits per heavy atom. The predicted octanol–water partition coefficient (Wildman–Crippen LogP) is 2.37. The van der Waals surface area contributed by atoms with Crippen LogP contribution >= 0.6 is 0 Å². The predicted molar refractivity (Wildman–Crippen MR) is 93.8 cm³/mol. The first-order chi connectivity index (χ1) is 12.9. The van der Waals surface area contributed by atoms with Crippen LogP contribution in [0.5, 0.6) is 0 Å². The molecule has 1 fully saturated rings. The number of nitrogens with one attached hydrogen (secondary N) is 1. The molecule has 3 heterocycles. The molecule has 0 unspecified atom stereocenters. The SMILES string of the molecule is CCc1nc2ccc(C(F)(F)F)cn2c1C(=O)NCCCN1CCOCC1. The van der Waals surface area contributed by atoms with Gasteiger partial charge in [-0.25, -0.2) is 4.98 Å². The van der Waals surface area contributed by atoms with Crippen LogP contribution in [0.25, 0.3) is 5.65 Å². The molecule has 1 N–H and O–H groups in total. The number of morpholine rings is 1. The minimum atomic E-state index is -4.48. The van der Waals surface area contributed by atoms with E-state index in [9.17, 15) is 18.0 Å². The molecule has 1 amide bonds. The van der Waals surface area contributed by atoms with Gasteiger partial charge in [0.1, 0.15) is 11.3 Å². The Morgan fingerprint density at radius 1 is 1.30 bits per heavy atom. The molecule has 0 bridgehead atoms. The second-order valence-electron chi connectivity index (χ2n) is 6.47. The summed E-state index contributed by atoms with van der Waals surface area (Å²) in [5.74, 6) is -0.402. The van der Waals surface area contributed by atoms with Gasteiger partial charge in [-0.15, -0.1) is 0 Å². The first kappa shape index (κ1) is 19.6. The second-order valence-corrected chi connectivity index (χ2v) is 6.47. The second kappa shape index (κ2) is 8.26. The molecule has 0 saturated carbocycles. The summed E-state index contributed by atoms with van der Waals surface area (Å²) in [6.07, 6.45) is -2.32. The van der Waals surface area contributed by atoms with Crippen molar-refractivity contribution in [2.24, 2.45) is 0 Å². The number of fused-ring (bicyclic) bond motifs is 1.